The van der Waals surface area contributed by atoms with Crippen molar-refractivity contribution in [1.82, 2.24) is 34.8 Å². The summed E-state index contributed by atoms with van der Waals surface area (Å²) in [6.07, 6.45) is -4.64. The molecule has 0 bridgehead atoms. The van der Waals surface area contributed by atoms with Gasteiger partial charge in [-0.15, -0.1) is 16.4 Å². The van der Waals surface area contributed by atoms with Gasteiger partial charge in [-0.1, -0.05) is 6.07 Å². The minimum Gasteiger partial charge on any atom is -0.363 e. The number of aromatic amines is 1. The smallest absolute Gasteiger partial charge is 0.363 e. The van der Waals surface area contributed by atoms with E-state index in [1.54, 1.807) is 13.0 Å². The maximum absolute atomic E-state index is 12.8. The largest absolute Gasteiger partial charge is 0.453 e. The van der Waals surface area contributed by atoms with E-state index < -0.39 is 12.0 Å². The van der Waals surface area contributed by atoms with Gasteiger partial charge in [0.2, 0.25) is 0 Å². The zero-order valence-electron chi connectivity index (χ0n) is 13.2. The second kappa shape index (κ2) is 6.05. The predicted molar refractivity (Wildman–Crippen MR) is 87.5 cm³/mol. The van der Waals surface area contributed by atoms with E-state index >= 15 is 0 Å². The van der Waals surface area contributed by atoms with E-state index in [1.165, 1.54) is 11.3 Å². The Bertz CT molecular complexity index is 1050. The lowest BCUT2D eigenvalue weighted by molar-refractivity contribution is -0.144. The van der Waals surface area contributed by atoms with Crippen molar-refractivity contribution in [3.05, 3.63) is 40.9 Å². The molecule has 0 fully saturated rings. The SMILES string of the molecule is Cc1cc(NCc2nc(-c3cccs3)n[nH]2)n2nc(C(F)(F)F)nc2n1. The van der Waals surface area contributed by atoms with Gasteiger partial charge < -0.3 is 5.32 Å². The first kappa shape index (κ1) is 16.4. The van der Waals surface area contributed by atoms with E-state index in [-0.39, 0.29) is 12.3 Å². The van der Waals surface area contributed by atoms with Crippen molar-refractivity contribution in [3.63, 3.8) is 0 Å². The van der Waals surface area contributed by atoms with Crippen LogP contribution in [0.4, 0.5) is 19.0 Å². The number of fused-ring (bicyclic) bond motifs is 1. The molecule has 2 N–H and O–H groups in total. The molecule has 4 heterocycles. The number of halogens is 3. The maximum Gasteiger partial charge on any atom is 0.453 e. The Hall–Kier alpha value is -3.02. The number of nitrogens with one attached hydrogen (secondary N) is 2. The fourth-order valence-electron chi connectivity index (χ4n) is 2.30. The number of anilines is 1. The van der Waals surface area contributed by atoms with Crippen LogP contribution in [0.1, 0.15) is 17.3 Å². The minimum atomic E-state index is -4.64. The van der Waals surface area contributed by atoms with Gasteiger partial charge in [0.25, 0.3) is 11.6 Å². The number of aryl methyl sites for hydroxylation is 1. The first-order chi connectivity index (χ1) is 12.4. The fourth-order valence-corrected chi connectivity index (χ4v) is 2.96. The summed E-state index contributed by atoms with van der Waals surface area (Å²) in [5, 5.41) is 15.3. The first-order valence-corrected chi connectivity index (χ1v) is 8.29. The summed E-state index contributed by atoms with van der Waals surface area (Å²) in [5.74, 6) is 0.0553. The molecule has 4 rings (SSSR count). The average molecular weight is 380 g/mol. The lowest BCUT2D eigenvalue weighted by Gasteiger charge is -2.06. The Labute approximate surface area is 148 Å². The van der Waals surface area contributed by atoms with Gasteiger partial charge in [-0.05, 0) is 18.4 Å². The van der Waals surface area contributed by atoms with E-state index in [1.807, 2.05) is 17.5 Å². The van der Waals surface area contributed by atoms with Crippen molar-refractivity contribution >= 4 is 22.9 Å². The number of nitrogens with zero attached hydrogens (tertiary/aromatic N) is 6. The van der Waals surface area contributed by atoms with Crippen molar-refractivity contribution in [2.45, 2.75) is 19.6 Å². The van der Waals surface area contributed by atoms with Gasteiger partial charge in [-0.2, -0.15) is 27.8 Å². The molecule has 0 unspecified atom stereocenters. The fraction of sp³-hybridized carbons (Fsp3) is 0.214. The molecule has 8 nitrogen and oxygen atoms in total. The van der Waals surface area contributed by atoms with Crippen LogP contribution in [-0.4, -0.2) is 34.8 Å². The molecule has 0 spiro atoms. The number of hydrogen-bond acceptors (Lipinski definition) is 7. The van der Waals surface area contributed by atoms with Gasteiger partial charge in [0.05, 0.1) is 11.4 Å². The van der Waals surface area contributed by atoms with Gasteiger partial charge in [0.15, 0.2) is 5.82 Å². The third-order valence-electron chi connectivity index (χ3n) is 3.40. The number of aromatic nitrogens is 7. The third kappa shape index (κ3) is 3.10. The molecule has 0 aliphatic carbocycles. The van der Waals surface area contributed by atoms with E-state index in [9.17, 15) is 13.2 Å². The van der Waals surface area contributed by atoms with E-state index in [0.29, 0.717) is 23.2 Å². The van der Waals surface area contributed by atoms with Gasteiger partial charge in [0.1, 0.15) is 11.6 Å². The van der Waals surface area contributed by atoms with Crippen LogP contribution < -0.4 is 5.32 Å². The highest BCUT2D eigenvalue weighted by atomic mass is 32.1. The summed E-state index contributed by atoms with van der Waals surface area (Å²) >= 11 is 1.51. The minimum absolute atomic E-state index is 0.128. The van der Waals surface area contributed by atoms with Gasteiger partial charge >= 0.3 is 6.18 Å². The standard InChI is InChI=1S/C14H11F3N8S/c1-7-5-10(25-13(19-7)21-12(24-25)14(15,16)17)18-6-9-20-11(23-22-9)8-3-2-4-26-8/h2-5,18H,6H2,1H3,(H,20,22,23). The van der Waals surface area contributed by atoms with Crippen molar-refractivity contribution in [1.29, 1.82) is 0 Å². The molecule has 12 heteroatoms. The first-order valence-electron chi connectivity index (χ1n) is 7.41. The van der Waals surface area contributed by atoms with E-state index in [4.69, 9.17) is 0 Å². The van der Waals surface area contributed by atoms with E-state index in [0.717, 1.165) is 9.39 Å². The van der Waals surface area contributed by atoms with Crippen LogP contribution in [0.15, 0.2) is 23.6 Å². The van der Waals surface area contributed by atoms with Crippen LogP contribution in [-0.2, 0) is 12.7 Å². The molecule has 0 aromatic carbocycles. The van der Waals surface area contributed by atoms with Crippen LogP contribution in [0.5, 0.6) is 0 Å². The Balaban J connectivity index is 1.60. The number of alkyl halides is 3. The van der Waals surface area contributed by atoms with E-state index in [2.05, 4.69) is 35.6 Å². The van der Waals surface area contributed by atoms with Crippen LogP contribution in [0.3, 0.4) is 0 Å². The van der Waals surface area contributed by atoms with Crippen molar-refractivity contribution in [2.24, 2.45) is 0 Å². The molecule has 0 radical (unpaired) electrons. The number of rotatable bonds is 4. The highest BCUT2D eigenvalue weighted by Crippen LogP contribution is 2.27. The number of H-pyrrole nitrogens is 1. The zero-order chi connectivity index (χ0) is 18.3. The van der Waals surface area contributed by atoms with Crippen molar-refractivity contribution in [3.8, 4) is 10.7 Å². The van der Waals surface area contributed by atoms with Crippen LogP contribution >= 0.6 is 11.3 Å². The summed E-state index contributed by atoms with van der Waals surface area (Å²) in [5.41, 5.74) is 0.512. The summed E-state index contributed by atoms with van der Waals surface area (Å²) in [7, 11) is 0. The van der Waals surface area contributed by atoms with Crippen molar-refractivity contribution < 1.29 is 13.2 Å². The molecule has 0 atom stereocenters. The molecule has 0 amide bonds. The lowest BCUT2D eigenvalue weighted by atomic mass is 10.4. The molecule has 4 aromatic rings. The molecule has 0 aliphatic rings. The number of thiophene rings is 1. The summed E-state index contributed by atoms with van der Waals surface area (Å²) in [6.45, 7) is 1.88. The molecular weight excluding hydrogens is 369 g/mol. The molecule has 0 aliphatic heterocycles. The Morgan fingerprint density at radius 2 is 2.12 bits per heavy atom. The van der Waals surface area contributed by atoms with Crippen LogP contribution in [0.25, 0.3) is 16.5 Å². The molecule has 4 aromatic heterocycles. The van der Waals surface area contributed by atoms with Crippen LogP contribution in [0, 0.1) is 6.92 Å². The summed E-state index contributed by atoms with van der Waals surface area (Å²) in [4.78, 5) is 12.7. The predicted octanol–water partition coefficient (Wildman–Crippen LogP) is 2.91. The highest BCUT2D eigenvalue weighted by Gasteiger charge is 2.36. The maximum atomic E-state index is 12.8. The summed E-state index contributed by atoms with van der Waals surface area (Å²) < 4.78 is 39.5. The topological polar surface area (TPSA) is 96.7 Å². The second-order valence-electron chi connectivity index (χ2n) is 5.36. The third-order valence-corrected chi connectivity index (χ3v) is 4.27. The average Bonchev–Trinajstić information content (AvgIpc) is 3.30. The van der Waals surface area contributed by atoms with Gasteiger partial charge in [-0.3, -0.25) is 5.10 Å². The van der Waals surface area contributed by atoms with Gasteiger partial charge in [0, 0.05) is 11.8 Å². The number of hydrogen-bond donors (Lipinski definition) is 2. The van der Waals surface area contributed by atoms with Crippen LogP contribution in [0.2, 0.25) is 0 Å². The Morgan fingerprint density at radius 1 is 1.27 bits per heavy atom. The summed E-state index contributed by atoms with van der Waals surface area (Å²) in [6, 6.07) is 5.38. The molecule has 134 valence electrons. The highest BCUT2D eigenvalue weighted by molar-refractivity contribution is 7.13. The zero-order valence-corrected chi connectivity index (χ0v) is 14.1. The quantitative estimate of drug-likeness (QED) is 0.565. The van der Waals surface area contributed by atoms with Crippen molar-refractivity contribution in [2.75, 3.05) is 5.32 Å². The monoisotopic (exact) mass is 380 g/mol. The molecular formula is C14H11F3N8S. The molecule has 26 heavy (non-hydrogen) atoms. The molecule has 0 saturated heterocycles. The normalized spacial score (nSPS) is 12.0. The second-order valence-corrected chi connectivity index (χ2v) is 6.31. The lowest BCUT2D eigenvalue weighted by Crippen LogP contribution is -2.10. The van der Waals surface area contributed by atoms with Gasteiger partial charge in [-0.25, -0.2) is 9.97 Å². The Morgan fingerprint density at radius 3 is 2.85 bits per heavy atom. The Kier molecular flexibility index (Phi) is 3.83. The molecule has 0 saturated carbocycles.